The Kier molecular flexibility index (Phi) is 7.07. The van der Waals surface area contributed by atoms with Gasteiger partial charge in [0.25, 0.3) is 0 Å². The van der Waals surface area contributed by atoms with Crippen molar-refractivity contribution in [1.29, 1.82) is 0 Å². The molecule has 0 saturated carbocycles. The number of aliphatic hydroxyl groups excluding tert-OH is 1. The summed E-state index contributed by atoms with van der Waals surface area (Å²) in [5.74, 6) is 0.508. The third-order valence-corrected chi connectivity index (χ3v) is 4.45. The average Bonchev–Trinajstić information content (AvgIpc) is 2.65. The highest BCUT2D eigenvalue weighted by Crippen LogP contribution is 2.21. The summed E-state index contributed by atoms with van der Waals surface area (Å²) in [5.41, 5.74) is 0.685. The van der Waals surface area contributed by atoms with Crippen LogP contribution < -0.4 is 0 Å². The number of carbonyl (C=O) groups is 1. The summed E-state index contributed by atoms with van der Waals surface area (Å²) in [6.45, 7) is 12.2. The summed E-state index contributed by atoms with van der Waals surface area (Å²) in [5, 5.41) is 10.5. The van der Waals surface area contributed by atoms with Crippen molar-refractivity contribution in [3.05, 3.63) is 35.9 Å². The second-order valence-corrected chi connectivity index (χ2v) is 8.74. The van der Waals surface area contributed by atoms with Crippen LogP contribution in [0.15, 0.2) is 30.3 Å². The quantitative estimate of drug-likeness (QED) is 0.890. The minimum absolute atomic E-state index is 0.194. The molecule has 1 heterocycles. The lowest BCUT2D eigenvalue weighted by atomic mass is 10.0. The van der Waals surface area contributed by atoms with E-state index in [4.69, 9.17) is 4.74 Å². The number of hydrogen-bond acceptors (Lipinski definition) is 4. The first-order valence-electron chi connectivity index (χ1n) is 9.58. The highest BCUT2D eigenvalue weighted by Gasteiger charge is 2.33. The summed E-state index contributed by atoms with van der Waals surface area (Å²) in [6, 6.07) is 10.5. The van der Waals surface area contributed by atoms with E-state index in [0.717, 1.165) is 13.0 Å². The molecule has 2 rings (SSSR count). The van der Waals surface area contributed by atoms with Crippen LogP contribution in [0.1, 0.15) is 46.6 Å². The van der Waals surface area contributed by atoms with E-state index in [1.165, 1.54) is 5.56 Å². The number of carbonyl (C=O) groups excluding carboxylic acids is 1. The Hall–Kier alpha value is -1.59. The molecule has 1 saturated heterocycles. The number of aliphatic hydroxyl groups is 1. The van der Waals surface area contributed by atoms with Crippen molar-refractivity contribution in [2.24, 2.45) is 5.92 Å². The monoisotopic (exact) mass is 362 g/mol. The first-order valence-corrected chi connectivity index (χ1v) is 9.58. The van der Waals surface area contributed by atoms with E-state index in [-0.39, 0.29) is 12.1 Å². The molecule has 146 valence electrons. The Morgan fingerprint density at radius 2 is 1.85 bits per heavy atom. The van der Waals surface area contributed by atoms with E-state index in [1.54, 1.807) is 4.90 Å². The van der Waals surface area contributed by atoms with Crippen molar-refractivity contribution in [3.63, 3.8) is 0 Å². The molecule has 1 aromatic rings. The van der Waals surface area contributed by atoms with Crippen LogP contribution in [0, 0.1) is 5.92 Å². The van der Waals surface area contributed by atoms with Crippen LogP contribution >= 0.6 is 0 Å². The second kappa shape index (κ2) is 8.87. The average molecular weight is 363 g/mol. The number of nitrogens with zero attached hydrogens (tertiary/aromatic N) is 2. The Balaban J connectivity index is 2.17. The molecule has 1 aromatic carbocycles. The van der Waals surface area contributed by atoms with Crippen molar-refractivity contribution in [2.75, 3.05) is 19.6 Å². The zero-order valence-electron chi connectivity index (χ0n) is 16.8. The lowest BCUT2D eigenvalue weighted by Gasteiger charge is -2.33. The van der Waals surface area contributed by atoms with Gasteiger partial charge < -0.3 is 14.7 Å². The summed E-state index contributed by atoms with van der Waals surface area (Å²) in [6.07, 6.45) is 0.0500. The molecule has 0 bridgehead atoms. The number of amides is 1. The van der Waals surface area contributed by atoms with Gasteiger partial charge in [-0.1, -0.05) is 44.2 Å². The van der Waals surface area contributed by atoms with Gasteiger partial charge in [0.05, 0.1) is 12.6 Å². The molecule has 1 amide bonds. The van der Waals surface area contributed by atoms with Crippen LogP contribution in [-0.4, -0.2) is 58.4 Å². The van der Waals surface area contributed by atoms with E-state index < -0.39 is 11.7 Å². The van der Waals surface area contributed by atoms with Crippen LogP contribution in [0.2, 0.25) is 0 Å². The molecular weight excluding hydrogens is 328 g/mol. The Morgan fingerprint density at radius 1 is 1.19 bits per heavy atom. The molecule has 1 aliphatic rings. The molecule has 0 aromatic heterocycles. The van der Waals surface area contributed by atoms with E-state index in [1.807, 2.05) is 39.0 Å². The molecule has 0 spiro atoms. The minimum Gasteiger partial charge on any atom is -0.444 e. The molecule has 0 radical (unpaired) electrons. The molecule has 5 nitrogen and oxygen atoms in total. The van der Waals surface area contributed by atoms with Crippen LogP contribution in [0.4, 0.5) is 4.79 Å². The molecule has 0 unspecified atom stereocenters. The lowest BCUT2D eigenvalue weighted by molar-refractivity contribution is 0.0171. The van der Waals surface area contributed by atoms with Crippen molar-refractivity contribution in [3.8, 4) is 0 Å². The maximum Gasteiger partial charge on any atom is 0.410 e. The van der Waals surface area contributed by atoms with Gasteiger partial charge in [0.15, 0.2) is 0 Å². The third-order valence-electron chi connectivity index (χ3n) is 4.45. The Labute approximate surface area is 157 Å². The molecule has 0 aliphatic carbocycles. The molecule has 1 N–H and O–H groups in total. The fraction of sp³-hybridized carbons (Fsp3) is 0.667. The van der Waals surface area contributed by atoms with Gasteiger partial charge in [-0.2, -0.15) is 0 Å². The molecule has 5 heteroatoms. The smallest absolute Gasteiger partial charge is 0.410 e. The summed E-state index contributed by atoms with van der Waals surface area (Å²) in [4.78, 5) is 16.6. The topological polar surface area (TPSA) is 53.0 Å². The van der Waals surface area contributed by atoms with Gasteiger partial charge in [-0.05, 0) is 38.7 Å². The zero-order chi connectivity index (χ0) is 19.3. The van der Waals surface area contributed by atoms with E-state index >= 15 is 0 Å². The van der Waals surface area contributed by atoms with E-state index in [9.17, 15) is 9.90 Å². The van der Waals surface area contributed by atoms with Crippen LogP contribution in [0.25, 0.3) is 0 Å². The number of rotatable bonds is 4. The predicted octanol–water partition coefficient (Wildman–Crippen LogP) is 3.51. The standard InChI is InChI=1S/C21H34N2O3/c1-16(2)11-18-13-23(20(25)26-21(3,4)5)15-19(24)14-22(18)12-17-9-7-6-8-10-17/h6-10,16,18-19,24H,11-15H2,1-5H3/t18-,19+/m0/s1. The van der Waals surface area contributed by atoms with Gasteiger partial charge in [0.1, 0.15) is 5.60 Å². The van der Waals surface area contributed by atoms with Crippen molar-refractivity contribution in [2.45, 2.75) is 65.3 Å². The van der Waals surface area contributed by atoms with E-state index in [0.29, 0.717) is 25.6 Å². The summed E-state index contributed by atoms with van der Waals surface area (Å²) in [7, 11) is 0. The number of hydrogen-bond donors (Lipinski definition) is 1. The maximum atomic E-state index is 12.6. The first-order chi connectivity index (χ1) is 12.1. The highest BCUT2D eigenvalue weighted by atomic mass is 16.6. The van der Waals surface area contributed by atoms with Gasteiger partial charge >= 0.3 is 6.09 Å². The SMILES string of the molecule is CC(C)C[C@H]1CN(C(=O)OC(C)(C)C)C[C@H](O)CN1Cc1ccccc1. The first kappa shape index (κ1) is 20.7. The Bertz CT molecular complexity index is 568. The summed E-state index contributed by atoms with van der Waals surface area (Å²) < 4.78 is 5.55. The third kappa shape index (κ3) is 6.61. The maximum absolute atomic E-state index is 12.6. The molecule has 26 heavy (non-hydrogen) atoms. The van der Waals surface area contributed by atoms with Gasteiger partial charge in [-0.25, -0.2) is 4.79 Å². The van der Waals surface area contributed by atoms with Crippen molar-refractivity contribution >= 4 is 6.09 Å². The van der Waals surface area contributed by atoms with Crippen LogP contribution in [0.5, 0.6) is 0 Å². The fourth-order valence-corrected chi connectivity index (χ4v) is 3.43. The second-order valence-electron chi connectivity index (χ2n) is 8.74. The number of benzene rings is 1. The van der Waals surface area contributed by atoms with Crippen LogP contribution in [0.3, 0.4) is 0 Å². The fourth-order valence-electron chi connectivity index (χ4n) is 3.43. The van der Waals surface area contributed by atoms with Gasteiger partial charge in [-0.15, -0.1) is 0 Å². The molecule has 1 aliphatic heterocycles. The summed E-state index contributed by atoms with van der Waals surface area (Å²) >= 11 is 0. The van der Waals surface area contributed by atoms with Crippen LogP contribution in [-0.2, 0) is 11.3 Å². The van der Waals surface area contributed by atoms with E-state index in [2.05, 4.69) is 30.9 Å². The van der Waals surface area contributed by atoms with Gasteiger partial charge in [0.2, 0.25) is 0 Å². The minimum atomic E-state index is -0.580. The molecule has 2 atom stereocenters. The normalized spacial score (nSPS) is 22.3. The van der Waals surface area contributed by atoms with Gasteiger partial charge in [-0.3, -0.25) is 4.90 Å². The van der Waals surface area contributed by atoms with Gasteiger partial charge in [0, 0.05) is 25.7 Å². The van der Waals surface area contributed by atoms with Crippen molar-refractivity contribution < 1.29 is 14.6 Å². The highest BCUT2D eigenvalue weighted by molar-refractivity contribution is 5.68. The number of ether oxygens (including phenoxy) is 1. The zero-order valence-corrected chi connectivity index (χ0v) is 16.8. The molecular formula is C21H34N2O3. The predicted molar refractivity (Wildman–Crippen MR) is 104 cm³/mol. The largest absolute Gasteiger partial charge is 0.444 e. The lowest BCUT2D eigenvalue weighted by Crippen LogP contribution is -2.44. The Morgan fingerprint density at radius 3 is 2.42 bits per heavy atom. The molecule has 1 fully saturated rings. The van der Waals surface area contributed by atoms with Crippen molar-refractivity contribution in [1.82, 2.24) is 9.80 Å². The number of β-amino-alcohol motifs (C(OH)–C–C–N with tert-alkyl or cyclic N) is 1.